The standard InChI is InChI=1S/C29H42O4/c1-15(2)20-14-29-10-7-21-27(3,8-6-9-28(21,4)26(32)33-5)22(29)13-18(20)23-17-11-16(24(23)29)12-19(17)25(30)31/h14-19,21-24H,6-13H2,1-5H3,(H,30,31). The highest BCUT2D eigenvalue weighted by Gasteiger charge is 2.73. The van der Waals surface area contributed by atoms with Gasteiger partial charge in [0.05, 0.1) is 18.4 Å². The van der Waals surface area contributed by atoms with Gasteiger partial charge in [-0.15, -0.1) is 0 Å². The van der Waals surface area contributed by atoms with E-state index in [0.717, 1.165) is 32.1 Å². The molecule has 0 aromatic carbocycles. The third-order valence-electron chi connectivity index (χ3n) is 12.4. The number of fused-ring (bicyclic) bond motifs is 3. The summed E-state index contributed by atoms with van der Waals surface area (Å²) in [6.07, 6.45) is 11.6. The zero-order valence-electron chi connectivity index (χ0n) is 21.1. The van der Waals surface area contributed by atoms with Crippen molar-refractivity contribution in [3.05, 3.63) is 11.6 Å². The van der Waals surface area contributed by atoms with E-state index in [1.165, 1.54) is 19.3 Å². The van der Waals surface area contributed by atoms with Crippen molar-refractivity contribution in [2.24, 2.45) is 69.5 Å². The molecule has 11 unspecified atom stereocenters. The second-order valence-corrected chi connectivity index (χ2v) is 13.6. The van der Waals surface area contributed by atoms with E-state index in [4.69, 9.17) is 4.74 Å². The van der Waals surface area contributed by atoms with Crippen molar-refractivity contribution in [3.63, 3.8) is 0 Å². The van der Waals surface area contributed by atoms with Gasteiger partial charge in [-0.2, -0.15) is 0 Å². The SMILES string of the molecule is COC(=O)C1(C)CCCC2(C)C1CCC13C=C(C(C)C)C(CC21)C1C2CC(CC2C(=O)O)C13. The lowest BCUT2D eigenvalue weighted by Crippen LogP contribution is -2.65. The van der Waals surface area contributed by atoms with E-state index in [9.17, 15) is 14.7 Å². The maximum absolute atomic E-state index is 13.0. The van der Waals surface area contributed by atoms with E-state index in [1.54, 1.807) is 12.7 Å². The van der Waals surface area contributed by atoms with Crippen LogP contribution >= 0.6 is 0 Å². The van der Waals surface area contributed by atoms with Crippen LogP contribution in [-0.2, 0) is 14.3 Å². The Bertz CT molecular complexity index is 921. The van der Waals surface area contributed by atoms with Crippen LogP contribution in [0.3, 0.4) is 0 Å². The Morgan fingerprint density at radius 1 is 1.09 bits per heavy atom. The lowest BCUT2D eigenvalue weighted by Gasteiger charge is -2.71. The van der Waals surface area contributed by atoms with Crippen molar-refractivity contribution >= 4 is 11.9 Å². The van der Waals surface area contributed by atoms with Crippen molar-refractivity contribution in [3.8, 4) is 0 Å². The molecule has 4 heteroatoms. The van der Waals surface area contributed by atoms with Gasteiger partial charge < -0.3 is 9.84 Å². The van der Waals surface area contributed by atoms with E-state index >= 15 is 0 Å². The zero-order chi connectivity index (χ0) is 23.5. The van der Waals surface area contributed by atoms with Gasteiger partial charge in [-0.05, 0) is 110 Å². The van der Waals surface area contributed by atoms with Gasteiger partial charge in [0.15, 0.2) is 0 Å². The van der Waals surface area contributed by atoms with E-state index in [1.807, 2.05) is 0 Å². The number of methoxy groups -OCH3 is 1. The van der Waals surface area contributed by atoms with Crippen molar-refractivity contribution in [2.45, 2.75) is 79.1 Å². The molecule has 0 aliphatic heterocycles. The van der Waals surface area contributed by atoms with Crippen LogP contribution in [0.25, 0.3) is 0 Å². The average Bonchev–Trinajstić information content (AvgIpc) is 3.39. The number of hydrogen-bond donors (Lipinski definition) is 1. The fourth-order valence-electron chi connectivity index (χ4n) is 11.6. The number of hydrogen-bond acceptors (Lipinski definition) is 3. The van der Waals surface area contributed by atoms with Crippen LogP contribution in [0.5, 0.6) is 0 Å². The van der Waals surface area contributed by atoms with Gasteiger partial charge in [0.1, 0.15) is 0 Å². The molecule has 182 valence electrons. The van der Waals surface area contributed by atoms with Crippen molar-refractivity contribution in [1.29, 1.82) is 0 Å². The molecule has 0 aromatic rings. The number of allylic oxidation sites excluding steroid dienone is 2. The highest BCUT2D eigenvalue weighted by molar-refractivity contribution is 5.77. The summed E-state index contributed by atoms with van der Waals surface area (Å²) in [5.74, 6) is 3.58. The molecule has 0 saturated heterocycles. The van der Waals surface area contributed by atoms with Crippen molar-refractivity contribution < 1.29 is 19.4 Å². The fourth-order valence-corrected chi connectivity index (χ4v) is 11.6. The summed E-state index contributed by atoms with van der Waals surface area (Å²) in [4.78, 5) is 25.2. The normalized spacial score (nSPS) is 53.8. The van der Waals surface area contributed by atoms with Gasteiger partial charge in [-0.25, -0.2) is 0 Å². The third kappa shape index (κ3) is 2.54. The Hall–Kier alpha value is -1.32. The van der Waals surface area contributed by atoms with Gasteiger partial charge in [0.2, 0.25) is 0 Å². The number of carboxylic acids is 1. The zero-order valence-corrected chi connectivity index (χ0v) is 21.1. The number of carboxylic acid groups (broad SMARTS) is 1. The second-order valence-electron chi connectivity index (χ2n) is 13.6. The number of carbonyl (C=O) groups is 2. The van der Waals surface area contributed by atoms with Crippen LogP contribution in [0.2, 0.25) is 0 Å². The number of aliphatic carboxylic acids is 1. The van der Waals surface area contributed by atoms with Gasteiger partial charge in [-0.3, -0.25) is 9.59 Å². The Kier molecular flexibility index (Phi) is 4.62. The first-order valence-electron chi connectivity index (χ1n) is 13.6. The minimum atomic E-state index is -0.552. The molecule has 5 saturated carbocycles. The predicted octanol–water partition coefficient (Wildman–Crippen LogP) is 5.96. The molecule has 7 aliphatic rings. The molecule has 0 aromatic heterocycles. The van der Waals surface area contributed by atoms with Crippen LogP contribution in [0.15, 0.2) is 11.6 Å². The molecule has 7 aliphatic carbocycles. The third-order valence-corrected chi connectivity index (χ3v) is 12.4. The molecular weight excluding hydrogens is 412 g/mol. The van der Waals surface area contributed by atoms with Crippen LogP contribution in [-0.4, -0.2) is 24.2 Å². The second kappa shape index (κ2) is 6.88. The summed E-state index contributed by atoms with van der Waals surface area (Å²) in [6, 6.07) is 0. The molecule has 7 rings (SSSR count). The molecule has 1 spiro atoms. The lowest BCUT2D eigenvalue weighted by molar-refractivity contribution is -0.206. The molecule has 4 bridgehead atoms. The van der Waals surface area contributed by atoms with Crippen LogP contribution in [0.4, 0.5) is 0 Å². The quantitative estimate of drug-likeness (QED) is 0.422. The smallest absolute Gasteiger partial charge is 0.311 e. The van der Waals surface area contributed by atoms with Gasteiger partial charge in [0, 0.05) is 0 Å². The van der Waals surface area contributed by atoms with E-state index in [2.05, 4.69) is 33.8 Å². The molecule has 4 nitrogen and oxygen atoms in total. The van der Waals surface area contributed by atoms with Crippen LogP contribution in [0.1, 0.15) is 79.1 Å². The average molecular weight is 455 g/mol. The molecular formula is C29H42O4. The number of esters is 1. The minimum absolute atomic E-state index is 0.00384. The fraction of sp³-hybridized carbons (Fsp3) is 0.862. The molecule has 1 N–H and O–H groups in total. The number of carbonyl (C=O) groups excluding carboxylic acids is 1. The largest absolute Gasteiger partial charge is 0.481 e. The Morgan fingerprint density at radius 3 is 2.52 bits per heavy atom. The van der Waals surface area contributed by atoms with Gasteiger partial charge in [0.25, 0.3) is 0 Å². The topological polar surface area (TPSA) is 63.6 Å². The number of ether oxygens (including phenoxy) is 1. The molecule has 0 heterocycles. The van der Waals surface area contributed by atoms with Crippen LogP contribution < -0.4 is 0 Å². The summed E-state index contributed by atoms with van der Waals surface area (Å²) in [7, 11) is 1.56. The summed E-state index contributed by atoms with van der Waals surface area (Å²) in [5, 5.41) is 9.97. The molecule has 11 atom stereocenters. The van der Waals surface area contributed by atoms with E-state index < -0.39 is 5.97 Å². The predicted molar refractivity (Wildman–Crippen MR) is 126 cm³/mol. The van der Waals surface area contributed by atoms with E-state index in [-0.39, 0.29) is 28.1 Å². The van der Waals surface area contributed by atoms with Gasteiger partial charge >= 0.3 is 11.9 Å². The lowest BCUT2D eigenvalue weighted by atomic mass is 9.33. The van der Waals surface area contributed by atoms with Crippen LogP contribution in [0, 0.1) is 69.5 Å². The summed E-state index contributed by atoms with van der Waals surface area (Å²) in [6.45, 7) is 9.40. The molecule has 0 radical (unpaired) electrons. The first kappa shape index (κ1) is 22.2. The van der Waals surface area contributed by atoms with Gasteiger partial charge in [-0.1, -0.05) is 38.8 Å². The van der Waals surface area contributed by atoms with E-state index in [0.29, 0.717) is 47.3 Å². The molecule has 33 heavy (non-hydrogen) atoms. The summed E-state index contributed by atoms with van der Waals surface area (Å²) < 4.78 is 5.37. The van der Waals surface area contributed by atoms with Crippen molar-refractivity contribution in [2.75, 3.05) is 7.11 Å². The summed E-state index contributed by atoms with van der Waals surface area (Å²) in [5.41, 5.74) is 1.64. The number of rotatable bonds is 3. The maximum atomic E-state index is 13.0. The Morgan fingerprint density at radius 2 is 1.85 bits per heavy atom. The maximum Gasteiger partial charge on any atom is 0.311 e. The minimum Gasteiger partial charge on any atom is -0.481 e. The highest BCUT2D eigenvalue weighted by Crippen LogP contribution is 2.79. The first-order chi connectivity index (χ1) is 15.6. The first-order valence-corrected chi connectivity index (χ1v) is 13.6. The monoisotopic (exact) mass is 454 g/mol. The Balaban J connectivity index is 1.45. The Labute approximate surface area is 198 Å². The molecule has 5 fully saturated rings. The van der Waals surface area contributed by atoms with Crippen molar-refractivity contribution in [1.82, 2.24) is 0 Å². The summed E-state index contributed by atoms with van der Waals surface area (Å²) >= 11 is 0. The highest BCUT2D eigenvalue weighted by atomic mass is 16.5. The molecule has 0 amide bonds.